The van der Waals surface area contributed by atoms with Crippen LogP contribution in [-0.2, 0) is 32.5 Å². The van der Waals surface area contributed by atoms with Crippen molar-refractivity contribution in [1.29, 1.82) is 0 Å². The molecule has 4 rings (SSSR count). The molecule has 1 atom stereocenters. The SMILES string of the molecule is CC(=O)CCC1CN(S(=O)(=O)c2c(Cl)nn3c2CCCC3)c2cc(NC(=O)OC(C)(C)C(F)(F)F)ccc2O1. The Morgan fingerprint density at radius 1 is 1.26 bits per heavy atom. The van der Waals surface area contributed by atoms with Crippen molar-refractivity contribution in [2.45, 2.75) is 82.2 Å². The Labute approximate surface area is 228 Å². The molecule has 2 aliphatic heterocycles. The van der Waals surface area contributed by atoms with Gasteiger partial charge < -0.3 is 14.3 Å². The second-order valence-electron chi connectivity index (χ2n) is 9.97. The number of anilines is 2. The van der Waals surface area contributed by atoms with E-state index >= 15 is 0 Å². The molecule has 3 heterocycles. The van der Waals surface area contributed by atoms with E-state index in [-0.39, 0.29) is 52.3 Å². The lowest BCUT2D eigenvalue weighted by Crippen LogP contribution is -2.44. The van der Waals surface area contributed by atoms with Gasteiger partial charge in [-0.15, -0.1) is 0 Å². The molecule has 15 heteroatoms. The molecule has 0 aliphatic carbocycles. The number of benzene rings is 1. The summed E-state index contributed by atoms with van der Waals surface area (Å²) in [4.78, 5) is 23.7. The van der Waals surface area contributed by atoms with E-state index in [0.717, 1.165) is 17.1 Å². The highest BCUT2D eigenvalue weighted by molar-refractivity contribution is 7.93. The highest BCUT2D eigenvalue weighted by Gasteiger charge is 2.51. The third-order valence-electron chi connectivity index (χ3n) is 6.54. The van der Waals surface area contributed by atoms with Crippen LogP contribution in [0.5, 0.6) is 5.75 Å². The van der Waals surface area contributed by atoms with Crippen LogP contribution in [0.1, 0.15) is 52.1 Å². The van der Waals surface area contributed by atoms with Gasteiger partial charge in [-0.2, -0.15) is 18.3 Å². The highest BCUT2D eigenvalue weighted by Crippen LogP contribution is 2.42. The van der Waals surface area contributed by atoms with Gasteiger partial charge in [-0.05, 0) is 64.7 Å². The van der Waals surface area contributed by atoms with Gasteiger partial charge in [0.15, 0.2) is 5.15 Å². The van der Waals surface area contributed by atoms with Gasteiger partial charge in [0.05, 0.1) is 17.9 Å². The fourth-order valence-electron chi connectivity index (χ4n) is 4.36. The lowest BCUT2D eigenvalue weighted by Gasteiger charge is -2.36. The lowest BCUT2D eigenvalue weighted by molar-refractivity contribution is -0.242. The number of nitrogens with zero attached hydrogens (tertiary/aromatic N) is 3. The largest absolute Gasteiger partial charge is 0.486 e. The molecule has 0 bridgehead atoms. The smallest absolute Gasteiger partial charge is 0.427 e. The Morgan fingerprint density at radius 2 is 1.97 bits per heavy atom. The number of rotatable bonds is 7. The molecule has 1 N–H and O–H groups in total. The zero-order chi connectivity index (χ0) is 28.8. The zero-order valence-corrected chi connectivity index (χ0v) is 23.0. The standard InChI is InChI=1S/C24H28ClF3N4O6S/c1-14(33)7-9-16-13-32(39(35,36)20-17-6-4-5-11-31(17)30-21(20)25)18-12-15(8-10-19(18)37-16)29-22(34)38-23(2,3)24(26,27)28/h8,10,12,16H,4-7,9,11,13H2,1-3H3,(H,29,34). The fourth-order valence-corrected chi connectivity index (χ4v) is 6.60. The van der Waals surface area contributed by atoms with Gasteiger partial charge >= 0.3 is 12.3 Å². The van der Waals surface area contributed by atoms with Crippen LogP contribution in [0.4, 0.5) is 29.3 Å². The summed E-state index contributed by atoms with van der Waals surface area (Å²) in [7, 11) is -4.31. The van der Waals surface area contributed by atoms with Crippen molar-refractivity contribution < 1.29 is 40.7 Å². The molecule has 214 valence electrons. The van der Waals surface area contributed by atoms with Crippen LogP contribution in [0.15, 0.2) is 23.1 Å². The van der Waals surface area contributed by atoms with Crippen molar-refractivity contribution in [2.75, 3.05) is 16.2 Å². The Hall–Kier alpha value is -3.00. The van der Waals surface area contributed by atoms with E-state index in [0.29, 0.717) is 32.5 Å². The average molecular weight is 593 g/mol. The molecule has 0 saturated heterocycles. The van der Waals surface area contributed by atoms with Crippen LogP contribution in [0.3, 0.4) is 0 Å². The molecule has 0 fully saturated rings. The van der Waals surface area contributed by atoms with Crippen LogP contribution in [0.2, 0.25) is 5.15 Å². The molecule has 0 radical (unpaired) electrons. The number of aryl methyl sites for hydroxylation is 1. The van der Waals surface area contributed by atoms with E-state index in [4.69, 9.17) is 16.3 Å². The number of carbonyl (C=O) groups excluding carboxylic acids is 2. The van der Waals surface area contributed by atoms with Crippen molar-refractivity contribution in [3.8, 4) is 5.75 Å². The normalized spacial score (nSPS) is 17.6. The predicted molar refractivity (Wildman–Crippen MR) is 136 cm³/mol. The van der Waals surface area contributed by atoms with Crippen molar-refractivity contribution in [2.24, 2.45) is 0 Å². The number of hydrogen-bond acceptors (Lipinski definition) is 7. The van der Waals surface area contributed by atoms with Gasteiger partial charge in [-0.25, -0.2) is 13.2 Å². The molecule has 1 unspecified atom stereocenters. The van der Waals surface area contributed by atoms with E-state index in [1.54, 1.807) is 4.68 Å². The van der Waals surface area contributed by atoms with Crippen molar-refractivity contribution in [1.82, 2.24) is 9.78 Å². The topological polar surface area (TPSA) is 120 Å². The van der Waals surface area contributed by atoms with Gasteiger partial charge in [-0.3, -0.25) is 14.3 Å². The Balaban J connectivity index is 1.70. The maximum absolute atomic E-state index is 14.0. The first-order chi connectivity index (χ1) is 18.1. The Bertz CT molecular complexity index is 1390. The molecular formula is C24H28ClF3N4O6S. The highest BCUT2D eigenvalue weighted by atomic mass is 35.5. The van der Waals surface area contributed by atoms with Crippen LogP contribution < -0.4 is 14.4 Å². The molecule has 0 spiro atoms. The number of carbonyl (C=O) groups is 2. The van der Waals surface area contributed by atoms with Gasteiger partial charge in [0.1, 0.15) is 22.5 Å². The molecule has 0 saturated carbocycles. The van der Waals surface area contributed by atoms with E-state index in [1.807, 2.05) is 0 Å². The summed E-state index contributed by atoms with van der Waals surface area (Å²) in [5, 5.41) is 6.23. The number of aromatic nitrogens is 2. The summed E-state index contributed by atoms with van der Waals surface area (Å²) in [6, 6.07) is 3.99. The molecule has 10 nitrogen and oxygen atoms in total. The summed E-state index contributed by atoms with van der Waals surface area (Å²) in [6.07, 6.45) is -4.39. The first-order valence-electron chi connectivity index (χ1n) is 12.2. The number of nitrogens with one attached hydrogen (secondary N) is 1. The number of amides is 1. The molecular weight excluding hydrogens is 565 g/mol. The molecule has 1 aromatic heterocycles. The van der Waals surface area contributed by atoms with Crippen LogP contribution in [0, 0.1) is 0 Å². The summed E-state index contributed by atoms with van der Waals surface area (Å²) in [5.74, 6) is 0.0532. The Kier molecular flexibility index (Phi) is 7.83. The monoisotopic (exact) mass is 592 g/mol. The first kappa shape index (κ1) is 29.0. The minimum Gasteiger partial charge on any atom is -0.486 e. The number of fused-ring (bicyclic) bond motifs is 2. The van der Waals surface area contributed by atoms with Gasteiger partial charge in [-0.1, -0.05) is 11.6 Å². The van der Waals surface area contributed by atoms with Crippen LogP contribution >= 0.6 is 11.6 Å². The molecule has 2 aliphatic rings. The number of hydrogen-bond donors (Lipinski definition) is 1. The number of ether oxygens (including phenoxy) is 2. The molecule has 39 heavy (non-hydrogen) atoms. The van der Waals surface area contributed by atoms with Crippen LogP contribution in [0.25, 0.3) is 0 Å². The van der Waals surface area contributed by atoms with E-state index in [1.165, 1.54) is 25.1 Å². The van der Waals surface area contributed by atoms with Crippen molar-refractivity contribution in [3.63, 3.8) is 0 Å². The molecule has 1 amide bonds. The quantitative estimate of drug-likeness (QED) is 0.476. The van der Waals surface area contributed by atoms with Crippen molar-refractivity contribution >= 4 is 44.9 Å². The third kappa shape index (κ3) is 5.96. The fraction of sp³-hybridized carbons (Fsp3) is 0.542. The lowest BCUT2D eigenvalue weighted by atomic mass is 10.1. The average Bonchev–Trinajstić information content (AvgIpc) is 3.17. The number of Topliss-reactive ketones (excluding diaryl/α,β-unsaturated/α-hetero) is 1. The Morgan fingerprint density at radius 3 is 2.64 bits per heavy atom. The maximum Gasteiger partial charge on any atom is 0.427 e. The molecule has 1 aromatic carbocycles. The third-order valence-corrected chi connectivity index (χ3v) is 8.78. The first-order valence-corrected chi connectivity index (χ1v) is 14.1. The number of halogens is 4. The van der Waals surface area contributed by atoms with E-state index in [2.05, 4.69) is 15.2 Å². The maximum atomic E-state index is 14.0. The second kappa shape index (κ2) is 10.5. The summed E-state index contributed by atoms with van der Waals surface area (Å²) < 4.78 is 80.7. The van der Waals surface area contributed by atoms with Gasteiger partial charge in [0, 0.05) is 18.7 Å². The van der Waals surface area contributed by atoms with E-state index in [9.17, 15) is 31.2 Å². The molecule has 2 aromatic rings. The van der Waals surface area contributed by atoms with Gasteiger partial charge in [0.2, 0.25) is 5.60 Å². The van der Waals surface area contributed by atoms with Gasteiger partial charge in [0.25, 0.3) is 10.0 Å². The van der Waals surface area contributed by atoms with Crippen molar-refractivity contribution in [3.05, 3.63) is 29.0 Å². The number of sulfonamides is 1. The predicted octanol–water partition coefficient (Wildman–Crippen LogP) is 5.09. The number of alkyl halides is 3. The second-order valence-corrected chi connectivity index (χ2v) is 12.1. The van der Waals surface area contributed by atoms with E-state index < -0.39 is 34.0 Å². The minimum atomic E-state index is -4.81. The van der Waals surface area contributed by atoms with Crippen LogP contribution in [-0.4, -0.2) is 54.5 Å². The summed E-state index contributed by atoms with van der Waals surface area (Å²) in [5.41, 5.74) is -2.27. The summed E-state index contributed by atoms with van der Waals surface area (Å²) >= 11 is 6.32. The minimum absolute atomic E-state index is 0.0224. The zero-order valence-electron chi connectivity index (χ0n) is 21.5. The number of ketones is 1. The summed E-state index contributed by atoms with van der Waals surface area (Å²) in [6.45, 7) is 3.19.